The molecule has 0 heterocycles. The van der Waals surface area contributed by atoms with Crippen LogP contribution in [0, 0.1) is 0 Å². The molecule has 0 saturated heterocycles. The largest absolute Gasteiger partial charge is 3.00 e. The summed E-state index contributed by atoms with van der Waals surface area (Å²) in [6, 6.07) is 0. The van der Waals surface area contributed by atoms with E-state index < -0.39 is 18.1 Å². The van der Waals surface area contributed by atoms with Crippen molar-refractivity contribution in [3.05, 3.63) is 0 Å². The minimum atomic E-state index is -5.79. The van der Waals surface area contributed by atoms with Crippen molar-refractivity contribution < 1.29 is 51.7 Å². The van der Waals surface area contributed by atoms with Gasteiger partial charge in [0, 0.05) is 0 Å². The van der Waals surface area contributed by atoms with E-state index in [-0.39, 0.29) is 36.2 Å². The molecule has 2 N–H and O–H groups in total. The van der Waals surface area contributed by atoms with E-state index in [0.717, 1.165) is 0 Å². The zero-order chi connectivity index (χ0) is 7.71. The van der Waals surface area contributed by atoms with Gasteiger partial charge in [0.15, 0.2) is 0 Å². The Kier molecular flexibility index (Phi) is 9.65. The van der Waals surface area contributed by atoms with E-state index in [1.807, 2.05) is 0 Å². The fourth-order valence-electron chi connectivity index (χ4n) is 0.163. The van der Waals surface area contributed by atoms with Crippen molar-refractivity contribution in [1.29, 1.82) is 0 Å². The van der Waals surface area contributed by atoms with Crippen molar-refractivity contribution in [2.24, 2.45) is 0 Å². The van der Waals surface area contributed by atoms with Gasteiger partial charge in [0.05, 0.1) is 0 Å². The Balaban J connectivity index is -0.000000320. The Morgan fingerprint density at radius 1 is 1.00 bits per heavy atom. The summed E-state index contributed by atoms with van der Waals surface area (Å²) in [6.45, 7) is 0. The van der Waals surface area contributed by atoms with Crippen LogP contribution in [0.1, 0.15) is 0 Å². The SMILES string of the molecule is [Al+3].[Li+].[O-][Si]([O-])([O-])O[Si]([O-])(O)O. The zero-order valence-corrected chi connectivity index (χ0v) is 8.67. The van der Waals surface area contributed by atoms with Gasteiger partial charge in [-0.1, -0.05) is 0 Å². The molecule has 0 aromatic heterocycles. The molecule has 0 atom stereocenters. The first-order chi connectivity index (χ1) is 3.71. The summed E-state index contributed by atoms with van der Waals surface area (Å²) in [6.07, 6.45) is 0. The van der Waals surface area contributed by atoms with E-state index in [4.69, 9.17) is 9.59 Å². The molecule has 0 aromatic carbocycles. The quantitative estimate of drug-likeness (QED) is 0.425. The van der Waals surface area contributed by atoms with Crippen molar-refractivity contribution in [3.8, 4) is 0 Å². The minimum Gasteiger partial charge on any atom is -0.862 e. The average molecular weight is 204 g/mol. The standard InChI is InChI=1S/Al.Li.H2O7Si2/c;;1-8(2,3)7-9(4,5)6/h;;1-2H/q+3;+1;-4. The van der Waals surface area contributed by atoms with E-state index in [1.54, 1.807) is 0 Å². The summed E-state index contributed by atoms with van der Waals surface area (Å²) < 4.78 is 2.79. The van der Waals surface area contributed by atoms with Crippen LogP contribution in [-0.2, 0) is 4.12 Å². The van der Waals surface area contributed by atoms with Crippen LogP contribution in [0.25, 0.3) is 0 Å². The molecule has 0 bridgehead atoms. The molecule has 0 aliphatic carbocycles. The molecule has 7 nitrogen and oxygen atoms in total. The molecule has 11 heavy (non-hydrogen) atoms. The predicted molar refractivity (Wildman–Crippen MR) is 22.8 cm³/mol. The van der Waals surface area contributed by atoms with Gasteiger partial charge in [-0.2, -0.15) is 0 Å². The minimum absolute atomic E-state index is 0. The van der Waals surface area contributed by atoms with E-state index in [9.17, 15) is 19.2 Å². The first kappa shape index (κ1) is 18.1. The van der Waals surface area contributed by atoms with Crippen LogP contribution in [0.5, 0.6) is 0 Å². The van der Waals surface area contributed by atoms with Crippen LogP contribution in [0.2, 0.25) is 0 Å². The van der Waals surface area contributed by atoms with Gasteiger partial charge in [0.25, 0.3) is 0 Å². The number of rotatable bonds is 2. The van der Waals surface area contributed by atoms with Crippen molar-refractivity contribution >= 4 is 35.5 Å². The molecule has 0 amide bonds. The van der Waals surface area contributed by atoms with Crippen LogP contribution in [-0.4, -0.2) is 45.0 Å². The van der Waals surface area contributed by atoms with Crippen molar-refractivity contribution in [2.75, 3.05) is 0 Å². The second-order valence-corrected chi connectivity index (χ2v) is 4.06. The summed E-state index contributed by atoms with van der Waals surface area (Å²) in [5.74, 6) is 0. The molecule has 0 spiro atoms. The summed E-state index contributed by atoms with van der Waals surface area (Å²) in [7, 11) is -11.2. The second-order valence-electron chi connectivity index (χ2n) is 1.15. The summed E-state index contributed by atoms with van der Waals surface area (Å²) >= 11 is 0. The molecule has 0 aromatic rings. The smallest absolute Gasteiger partial charge is 0.862 e. The maximum atomic E-state index is 9.58. The van der Waals surface area contributed by atoms with Gasteiger partial charge in [-0.05, 0) is 0 Å². The molecule has 0 rings (SSSR count). The van der Waals surface area contributed by atoms with Crippen molar-refractivity contribution in [2.45, 2.75) is 0 Å². The monoisotopic (exact) mass is 204 g/mol. The third kappa shape index (κ3) is 18.3. The molecule has 56 valence electrons. The van der Waals surface area contributed by atoms with Gasteiger partial charge in [0.2, 0.25) is 0 Å². The van der Waals surface area contributed by atoms with E-state index >= 15 is 0 Å². The third-order valence-electron chi connectivity index (χ3n) is 0.258. The van der Waals surface area contributed by atoms with Gasteiger partial charge >= 0.3 is 45.3 Å². The fraction of sp³-hybridized carbons (Fsp3) is 0. The normalized spacial score (nSPS) is 11.5. The summed E-state index contributed by atoms with van der Waals surface area (Å²) in [5.41, 5.74) is 0. The zero-order valence-electron chi connectivity index (χ0n) is 5.51. The number of hydrogen-bond acceptors (Lipinski definition) is 7. The Hall–Kier alpha value is 1.28. The van der Waals surface area contributed by atoms with Gasteiger partial charge in [-0.3, -0.25) is 0 Å². The summed E-state index contributed by atoms with van der Waals surface area (Å²) in [5, 5.41) is 0. The maximum Gasteiger partial charge on any atom is 3.00 e. The third-order valence-corrected chi connectivity index (χ3v) is 2.32. The first-order valence-corrected chi connectivity index (χ1v) is 5.02. The van der Waals surface area contributed by atoms with Gasteiger partial charge < -0.3 is 32.9 Å². The van der Waals surface area contributed by atoms with Crippen LogP contribution < -0.4 is 38.0 Å². The Morgan fingerprint density at radius 3 is 1.27 bits per heavy atom. The van der Waals surface area contributed by atoms with E-state index in [0.29, 0.717) is 0 Å². The van der Waals surface area contributed by atoms with E-state index in [1.165, 1.54) is 0 Å². The first-order valence-electron chi connectivity index (χ1n) is 1.67. The second kappa shape index (κ2) is 5.85. The fourth-order valence-corrected chi connectivity index (χ4v) is 1.47. The average Bonchev–Trinajstić information content (AvgIpc) is 1.14. The molecule has 0 aliphatic rings. The molecule has 11 heteroatoms. The number of hydrogen-bond donors (Lipinski definition) is 2. The molecular weight excluding hydrogens is 202 g/mol. The van der Waals surface area contributed by atoms with Crippen LogP contribution in [0.15, 0.2) is 0 Å². The van der Waals surface area contributed by atoms with Gasteiger partial charge in [-0.25, -0.2) is 0 Å². The van der Waals surface area contributed by atoms with Gasteiger partial charge in [0.1, 0.15) is 0 Å². The predicted octanol–water partition coefficient (Wildman–Crippen LogP) is -10.1. The van der Waals surface area contributed by atoms with E-state index in [2.05, 4.69) is 4.12 Å². The maximum absolute atomic E-state index is 9.58. The van der Waals surface area contributed by atoms with Crippen LogP contribution in [0.3, 0.4) is 0 Å². The Morgan fingerprint density at radius 2 is 1.27 bits per heavy atom. The molecule has 0 radical (unpaired) electrons. The van der Waals surface area contributed by atoms with Crippen LogP contribution in [0.4, 0.5) is 0 Å². The van der Waals surface area contributed by atoms with Crippen molar-refractivity contribution in [1.82, 2.24) is 0 Å². The Bertz CT molecular complexity index is 81.6. The molecule has 0 fully saturated rings. The molecule has 0 aliphatic heterocycles. The molecular formula is H2AlLiO7Si2. The van der Waals surface area contributed by atoms with Crippen molar-refractivity contribution in [3.63, 3.8) is 0 Å². The molecule has 0 unspecified atom stereocenters. The van der Waals surface area contributed by atoms with Gasteiger partial charge in [-0.15, -0.1) is 9.05 Å². The summed E-state index contributed by atoms with van der Waals surface area (Å²) in [4.78, 5) is 53.3. The molecule has 0 saturated carbocycles. The topological polar surface area (TPSA) is 142 Å². The Labute approximate surface area is 87.2 Å². The van der Waals surface area contributed by atoms with Crippen LogP contribution >= 0.6 is 0 Å².